The summed E-state index contributed by atoms with van der Waals surface area (Å²) in [5.41, 5.74) is 3.31. The van der Waals surface area contributed by atoms with Crippen molar-refractivity contribution in [3.05, 3.63) is 37.9 Å². The molecule has 1 aromatic heterocycles. The molecule has 1 aromatic carbocycles. The van der Waals surface area contributed by atoms with Crippen molar-refractivity contribution in [2.24, 2.45) is 0 Å². The summed E-state index contributed by atoms with van der Waals surface area (Å²) in [5.74, 6) is 0. The molecule has 0 atom stereocenters. The van der Waals surface area contributed by atoms with Gasteiger partial charge in [-0.25, -0.2) is 0 Å². The van der Waals surface area contributed by atoms with Crippen LogP contribution in [-0.2, 0) is 0 Å². The molecule has 0 aliphatic heterocycles. The minimum absolute atomic E-state index is 0.678. The van der Waals surface area contributed by atoms with Gasteiger partial charge in [-0.05, 0) is 47.5 Å². The lowest BCUT2D eigenvalue weighted by Crippen LogP contribution is -1.97. The van der Waals surface area contributed by atoms with Gasteiger partial charge in [0.05, 0.1) is 5.52 Å². The van der Waals surface area contributed by atoms with E-state index in [1.807, 2.05) is 26.0 Å². The van der Waals surface area contributed by atoms with Gasteiger partial charge in [-0.2, -0.15) is 0 Å². The van der Waals surface area contributed by atoms with Crippen LogP contribution in [0.4, 0.5) is 0 Å². The van der Waals surface area contributed by atoms with Gasteiger partial charge in [0, 0.05) is 25.6 Å². The maximum atomic E-state index is 11.0. The molecule has 0 aliphatic rings. The quantitative estimate of drug-likeness (QED) is 0.727. The fourth-order valence-corrected chi connectivity index (χ4v) is 3.10. The Kier molecular flexibility index (Phi) is 3.13. The fourth-order valence-electron chi connectivity index (χ4n) is 1.78. The highest BCUT2D eigenvalue weighted by Gasteiger charge is 2.11. The maximum Gasteiger partial charge on any atom is 0.152 e. The number of benzene rings is 1. The molecule has 2 aromatic rings. The van der Waals surface area contributed by atoms with Gasteiger partial charge in [0.1, 0.15) is 0 Å². The minimum Gasteiger partial charge on any atom is -0.298 e. The van der Waals surface area contributed by atoms with Gasteiger partial charge in [0.15, 0.2) is 6.29 Å². The molecule has 0 aliphatic carbocycles. The molecule has 0 bridgehead atoms. The molecular weight excluding hydrogens is 334 g/mol. The Morgan fingerprint density at radius 2 is 1.94 bits per heavy atom. The standard InChI is InChI=1S/C12H9Br2NO/c1-6-9-3-8(13)4-11(14)12(9)15-7(2)10(6)5-16/h3-5H,1-2H3. The average molecular weight is 343 g/mol. The highest BCUT2D eigenvalue weighted by Crippen LogP contribution is 2.30. The number of aromatic nitrogens is 1. The molecule has 82 valence electrons. The van der Waals surface area contributed by atoms with Gasteiger partial charge in [0.2, 0.25) is 0 Å². The van der Waals surface area contributed by atoms with Crippen molar-refractivity contribution in [2.45, 2.75) is 13.8 Å². The number of hydrogen-bond donors (Lipinski definition) is 0. The number of aldehydes is 1. The zero-order chi connectivity index (χ0) is 11.9. The number of pyridine rings is 1. The Bertz CT molecular complexity index is 593. The van der Waals surface area contributed by atoms with Crippen LogP contribution in [0.1, 0.15) is 21.6 Å². The van der Waals surface area contributed by atoms with E-state index >= 15 is 0 Å². The molecule has 16 heavy (non-hydrogen) atoms. The van der Waals surface area contributed by atoms with Crippen LogP contribution in [0.25, 0.3) is 10.9 Å². The topological polar surface area (TPSA) is 30.0 Å². The van der Waals surface area contributed by atoms with Crippen LogP contribution in [0.3, 0.4) is 0 Å². The van der Waals surface area contributed by atoms with Gasteiger partial charge < -0.3 is 0 Å². The van der Waals surface area contributed by atoms with Crippen molar-refractivity contribution in [1.82, 2.24) is 4.98 Å². The van der Waals surface area contributed by atoms with Crippen LogP contribution < -0.4 is 0 Å². The summed E-state index contributed by atoms with van der Waals surface area (Å²) in [6.45, 7) is 3.80. The lowest BCUT2D eigenvalue weighted by molar-refractivity contribution is 0.112. The minimum atomic E-state index is 0.678. The second-order valence-corrected chi connectivity index (χ2v) is 5.41. The third-order valence-corrected chi connectivity index (χ3v) is 3.69. The van der Waals surface area contributed by atoms with Gasteiger partial charge in [-0.15, -0.1) is 0 Å². The van der Waals surface area contributed by atoms with Crippen LogP contribution in [0.2, 0.25) is 0 Å². The molecule has 0 fully saturated rings. The van der Waals surface area contributed by atoms with E-state index in [4.69, 9.17) is 0 Å². The van der Waals surface area contributed by atoms with Crippen LogP contribution in [-0.4, -0.2) is 11.3 Å². The van der Waals surface area contributed by atoms with Gasteiger partial charge >= 0.3 is 0 Å². The molecular formula is C12H9Br2NO. The van der Waals surface area contributed by atoms with E-state index in [0.29, 0.717) is 5.56 Å². The first kappa shape index (κ1) is 11.7. The van der Waals surface area contributed by atoms with Crippen LogP contribution in [0.15, 0.2) is 21.1 Å². The average Bonchev–Trinajstić information content (AvgIpc) is 2.21. The summed E-state index contributed by atoms with van der Waals surface area (Å²) in [5, 5.41) is 0.994. The molecule has 2 rings (SSSR count). The maximum absolute atomic E-state index is 11.0. The summed E-state index contributed by atoms with van der Waals surface area (Å²) >= 11 is 6.92. The number of rotatable bonds is 1. The van der Waals surface area contributed by atoms with Crippen LogP contribution in [0.5, 0.6) is 0 Å². The normalized spacial score (nSPS) is 10.8. The first-order valence-electron chi connectivity index (χ1n) is 4.75. The SMILES string of the molecule is Cc1nc2c(Br)cc(Br)cc2c(C)c1C=O. The number of hydrogen-bond acceptors (Lipinski definition) is 2. The highest BCUT2D eigenvalue weighted by molar-refractivity contribution is 9.11. The molecule has 0 spiro atoms. The van der Waals surface area contributed by atoms with Gasteiger partial charge in [-0.1, -0.05) is 15.9 Å². The molecule has 1 heterocycles. The van der Waals surface area contributed by atoms with Gasteiger partial charge in [0.25, 0.3) is 0 Å². The Balaban J connectivity index is 2.98. The van der Waals surface area contributed by atoms with E-state index in [-0.39, 0.29) is 0 Å². The van der Waals surface area contributed by atoms with Crippen molar-refractivity contribution in [3.63, 3.8) is 0 Å². The third kappa shape index (κ3) is 1.80. The lowest BCUT2D eigenvalue weighted by Gasteiger charge is -2.09. The zero-order valence-corrected chi connectivity index (χ0v) is 12.0. The summed E-state index contributed by atoms with van der Waals surface area (Å²) in [6.07, 6.45) is 0.867. The number of fused-ring (bicyclic) bond motifs is 1. The number of halogens is 2. The van der Waals surface area contributed by atoms with E-state index in [1.165, 1.54) is 0 Å². The third-order valence-electron chi connectivity index (χ3n) is 2.62. The Morgan fingerprint density at radius 3 is 2.56 bits per heavy atom. The molecule has 0 saturated heterocycles. The summed E-state index contributed by atoms with van der Waals surface area (Å²) < 4.78 is 1.90. The van der Waals surface area contributed by atoms with Crippen LogP contribution >= 0.6 is 31.9 Å². The van der Waals surface area contributed by atoms with Crippen molar-refractivity contribution in [3.8, 4) is 0 Å². The molecule has 0 unspecified atom stereocenters. The zero-order valence-electron chi connectivity index (χ0n) is 8.84. The van der Waals surface area contributed by atoms with Crippen LogP contribution in [0, 0.1) is 13.8 Å². The summed E-state index contributed by atoms with van der Waals surface area (Å²) in [7, 11) is 0. The van der Waals surface area contributed by atoms with Crippen molar-refractivity contribution < 1.29 is 4.79 Å². The number of carbonyl (C=O) groups is 1. The number of aryl methyl sites for hydroxylation is 2. The number of nitrogens with zero attached hydrogens (tertiary/aromatic N) is 1. The Hall–Kier alpha value is -0.740. The highest BCUT2D eigenvalue weighted by atomic mass is 79.9. The lowest BCUT2D eigenvalue weighted by atomic mass is 10.0. The predicted molar refractivity (Wildman–Crippen MR) is 72.0 cm³/mol. The fraction of sp³-hybridized carbons (Fsp3) is 0.167. The van der Waals surface area contributed by atoms with Crippen molar-refractivity contribution in [2.75, 3.05) is 0 Å². The van der Waals surface area contributed by atoms with Crippen molar-refractivity contribution >= 4 is 49.0 Å². The smallest absolute Gasteiger partial charge is 0.152 e. The monoisotopic (exact) mass is 341 g/mol. The van der Waals surface area contributed by atoms with Gasteiger partial charge in [-0.3, -0.25) is 9.78 Å². The molecule has 0 N–H and O–H groups in total. The molecule has 4 heteroatoms. The second-order valence-electron chi connectivity index (χ2n) is 3.64. The molecule has 0 radical (unpaired) electrons. The summed E-state index contributed by atoms with van der Waals surface area (Å²) in [6, 6.07) is 3.93. The number of carbonyl (C=O) groups excluding carboxylic acids is 1. The summed E-state index contributed by atoms with van der Waals surface area (Å²) in [4.78, 5) is 15.4. The van der Waals surface area contributed by atoms with E-state index in [2.05, 4.69) is 36.8 Å². The Labute approximate surface area is 110 Å². The first-order chi connectivity index (χ1) is 7.54. The Morgan fingerprint density at radius 1 is 1.25 bits per heavy atom. The van der Waals surface area contributed by atoms with E-state index in [1.54, 1.807) is 0 Å². The first-order valence-corrected chi connectivity index (χ1v) is 6.34. The van der Waals surface area contributed by atoms with E-state index in [9.17, 15) is 4.79 Å². The van der Waals surface area contributed by atoms with Crippen molar-refractivity contribution in [1.29, 1.82) is 0 Å². The predicted octanol–water partition coefficient (Wildman–Crippen LogP) is 4.19. The van der Waals surface area contributed by atoms with E-state index < -0.39 is 0 Å². The second kappa shape index (κ2) is 4.26. The largest absolute Gasteiger partial charge is 0.298 e. The molecule has 0 amide bonds. The van der Waals surface area contributed by atoms with E-state index in [0.717, 1.165) is 37.4 Å². The molecule has 2 nitrogen and oxygen atoms in total. The molecule has 0 saturated carbocycles.